The van der Waals surface area contributed by atoms with Crippen LogP contribution in [0.1, 0.15) is 12.8 Å². The molecule has 1 aliphatic heterocycles. The molecule has 1 heteroatoms. The summed E-state index contributed by atoms with van der Waals surface area (Å²) in [6, 6.07) is 0. The minimum atomic E-state index is 1.11. The second-order valence-electron chi connectivity index (χ2n) is 1.93. The van der Waals surface area contributed by atoms with Crippen LogP contribution in [0.2, 0.25) is 0 Å². The Kier molecular flexibility index (Phi) is 1.73. The highest BCUT2D eigenvalue weighted by atomic mass is 14.9. The Hall–Kier alpha value is -0.720. The lowest BCUT2D eigenvalue weighted by Gasteiger charge is -2.10. The van der Waals surface area contributed by atoms with Crippen LogP contribution in [-0.4, -0.2) is 6.54 Å². The van der Waals surface area contributed by atoms with Gasteiger partial charge in [0.15, 0.2) is 0 Å². The Bertz CT molecular complexity index is 114. The van der Waals surface area contributed by atoms with Crippen molar-refractivity contribution >= 4 is 0 Å². The maximum atomic E-state index is 3.65. The van der Waals surface area contributed by atoms with Gasteiger partial charge >= 0.3 is 0 Å². The van der Waals surface area contributed by atoms with E-state index in [1.807, 2.05) is 6.08 Å². The Labute approximate surface area is 50.1 Å². The molecule has 0 aliphatic carbocycles. The van der Waals surface area contributed by atoms with Gasteiger partial charge in [0, 0.05) is 12.2 Å². The van der Waals surface area contributed by atoms with E-state index in [1.165, 1.54) is 18.5 Å². The summed E-state index contributed by atoms with van der Waals surface area (Å²) in [5.74, 6) is 0. The van der Waals surface area contributed by atoms with Gasteiger partial charge in [-0.25, -0.2) is 0 Å². The highest BCUT2D eigenvalue weighted by molar-refractivity contribution is 5.15. The molecule has 44 valence electrons. The highest BCUT2D eigenvalue weighted by Crippen LogP contribution is 2.02. The summed E-state index contributed by atoms with van der Waals surface area (Å²) in [4.78, 5) is 0. The van der Waals surface area contributed by atoms with Crippen molar-refractivity contribution in [2.24, 2.45) is 0 Å². The number of nitrogens with one attached hydrogen (secondary N) is 1. The van der Waals surface area contributed by atoms with Crippen molar-refractivity contribution in [3.63, 3.8) is 0 Å². The van der Waals surface area contributed by atoms with Crippen LogP contribution < -0.4 is 5.32 Å². The van der Waals surface area contributed by atoms with Crippen LogP contribution >= 0.6 is 0 Å². The van der Waals surface area contributed by atoms with Crippen LogP contribution in [0, 0.1) is 0 Å². The first-order valence-electron chi connectivity index (χ1n) is 3.00. The molecule has 1 nitrogen and oxygen atoms in total. The zero-order valence-corrected chi connectivity index (χ0v) is 4.98. The number of rotatable bonds is 1. The molecule has 0 saturated carbocycles. The van der Waals surface area contributed by atoms with Gasteiger partial charge in [-0.1, -0.05) is 12.7 Å². The molecule has 8 heavy (non-hydrogen) atoms. The van der Waals surface area contributed by atoms with E-state index >= 15 is 0 Å². The van der Waals surface area contributed by atoms with Gasteiger partial charge in [-0.15, -0.1) is 0 Å². The van der Waals surface area contributed by atoms with E-state index < -0.39 is 0 Å². The lowest BCUT2D eigenvalue weighted by Crippen LogP contribution is -2.16. The topological polar surface area (TPSA) is 12.0 Å². The van der Waals surface area contributed by atoms with Gasteiger partial charge < -0.3 is 5.32 Å². The minimum Gasteiger partial charge on any atom is -0.385 e. The maximum Gasteiger partial charge on any atom is 0.0293 e. The number of hydrogen-bond donors (Lipinski definition) is 1. The van der Waals surface area contributed by atoms with Gasteiger partial charge in [0.1, 0.15) is 0 Å². The van der Waals surface area contributed by atoms with Crippen LogP contribution in [0.5, 0.6) is 0 Å². The fraction of sp³-hybridized carbons (Fsp3) is 0.429. The van der Waals surface area contributed by atoms with Crippen molar-refractivity contribution in [3.8, 4) is 0 Å². The summed E-state index contributed by atoms with van der Waals surface area (Å²) in [5, 5.41) is 3.21. The predicted octanol–water partition coefficient (Wildman–Crippen LogP) is 1.44. The van der Waals surface area contributed by atoms with E-state index in [-0.39, 0.29) is 0 Å². The molecule has 0 aromatic rings. The third-order valence-electron chi connectivity index (χ3n) is 1.29. The first-order chi connectivity index (χ1) is 3.93. The van der Waals surface area contributed by atoms with E-state index in [4.69, 9.17) is 0 Å². The summed E-state index contributed by atoms with van der Waals surface area (Å²) in [6.07, 6.45) is 6.50. The third-order valence-corrected chi connectivity index (χ3v) is 1.29. The average molecular weight is 109 g/mol. The van der Waals surface area contributed by atoms with Crippen molar-refractivity contribution in [2.75, 3.05) is 6.54 Å². The zero-order chi connectivity index (χ0) is 5.82. The molecular formula is C7H11N. The van der Waals surface area contributed by atoms with Gasteiger partial charge in [0.2, 0.25) is 0 Å². The smallest absolute Gasteiger partial charge is 0.0293 e. The Morgan fingerprint density at radius 1 is 1.75 bits per heavy atom. The number of allylic oxidation sites excluding steroid dienone is 2. The van der Waals surface area contributed by atoms with E-state index in [9.17, 15) is 0 Å². The van der Waals surface area contributed by atoms with Crippen molar-refractivity contribution in [2.45, 2.75) is 12.8 Å². The number of hydrogen-bond acceptors (Lipinski definition) is 1. The van der Waals surface area contributed by atoms with E-state index in [0.29, 0.717) is 0 Å². The lowest BCUT2D eigenvalue weighted by molar-refractivity contribution is 0.704. The zero-order valence-electron chi connectivity index (χ0n) is 4.98. The fourth-order valence-corrected chi connectivity index (χ4v) is 0.820. The second-order valence-corrected chi connectivity index (χ2v) is 1.93. The summed E-state index contributed by atoms with van der Waals surface area (Å²) in [6.45, 7) is 4.76. The molecular weight excluding hydrogens is 98.1 g/mol. The van der Waals surface area contributed by atoms with Gasteiger partial charge in [0.25, 0.3) is 0 Å². The van der Waals surface area contributed by atoms with Crippen LogP contribution in [0.4, 0.5) is 0 Å². The molecule has 0 fully saturated rings. The Morgan fingerprint density at radius 3 is 3.00 bits per heavy atom. The van der Waals surface area contributed by atoms with E-state index in [0.717, 1.165) is 6.54 Å². The molecule has 0 amide bonds. The molecule has 0 aromatic heterocycles. The van der Waals surface area contributed by atoms with Gasteiger partial charge in [-0.05, 0) is 18.9 Å². The summed E-state index contributed by atoms with van der Waals surface area (Å²) in [7, 11) is 0. The minimum absolute atomic E-state index is 1.11. The molecule has 1 N–H and O–H groups in total. The quantitative estimate of drug-likeness (QED) is 0.537. The predicted molar refractivity (Wildman–Crippen MR) is 35.5 cm³/mol. The van der Waals surface area contributed by atoms with Crippen molar-refractivity contribution < 1.29 is 0 Å². The molecule has 1 aliphatic rings. The summed E-state index contributed by atoms with van der Waals surface area (Å²) >= 11 is 0. The molecule has 0 unspecified atom stereocenters. The fourth-order valence-electron chi connectivity index (χ4n) is 0.820. The largest absolute Gasteiger partial charge is 0.385 e. The molecule has 0 aromatic carbocycles. The van der Waals surface area contributed by atoms with E-state index in [1.54, 1.807) is 0 Å². The first kappa shape index (κ1) is 5.42. The summed E-state index contributed by atoms with van der Waals surface area (Å²) in [5.41, 5.74) is 1.19. The molecule has 0 spiro atoms. The monoisotopic (exact) mass is 109 g/mol. The molecule has 1 heterocycles. The third kappa shape index (κ3) is 1.12. The highest BCUT2D eigenvalue weighted by Gasteiger charge is 1.94. The molecule has 0 radical (unpaired) electrons. The van der Waals surface area contributed by atoms with Crippen LogP contribution in [0.15, 0.2) is 24.4 Å². The molecule has 1 rings (SSSR count). The maximum absolute atomic E-state index is 3.65. The first-order valence-corrected chi connectivity index (χ1v) is 3.00. The van der Waals surface area contributed by atoms with Gasteiger partial charge in [-0.3, -0.25) is 0 Å². The average Bonchev–Trinajstić information content (AvgIpc) is 1.90. The van der Waals surface area contributed by atoms with Gasteiger partial charge in [0.05, 0.1) is 0 Å². The summed E-state index contributed by atoms with van der Waals surface area (Å²) < 4.78 is 0. The van der Waals surface area contributed by atoms with Crippen LogP contribution in [0.3, 0.4) is 0 Å². The molecule has 0 bridgehead atoms. The van der Waals surface area contributed by atoms with Gasteiger partial charge in [-0.2, -0.15) is 0 Å². The van der Waals surface area contributed by atoms with Crippen LogP contribution in [-0.2, 0) is 0 Å². The standard InChI is InChI=1S/C7H11N/c1-2-7-5-3-4-6-8-7/h2,5,8H,1,3-4,6H2. The Morgan fingerprint density at radius 2 is 2.62 bits per heavy atom. The molecule has 0 atom stereocenters. The van der Waals surface area contributed by atoms with Crippen molar-refractivity contribution in [3.05, 3.63) is 24.4 Å². The normalized spacial score (nSPS) is 18.8. The van der Waals surface area contributed by atoms with Crippen LogP contribution in [0.25, 0.3) is 0 Å². The van der Waals surface area contributed by atoms with Crippen molar-refractivity contribution in [1.29, 1.82) is 0 Å². The van der Waals surface area contributed by atoms with Crippen molar-refractivity contribution in [1.82, 2.24) is 5.32 Å². The lowest BCUT2D eigenvalue weighted by atomic mass is 10.2. The Balaban J connectivity index is 2.49. The second kappa shape index (κ2) is 2.55. The van der Waals surface area contributed by atoms with E-state index in [2.05, 4.69) is 18.0 Å². The molecule has 0 saturated heterocycles. The SMILES string of the molecule is C=CC1=CCCCN1.